The molecule has 0 saturated carbocycles. The van der Waals surface area contributed by atoms with Gasteiger partial charge in [0, 0.05) is 9.26 Å². The van der Waals surface area contributed by atoms with Gasteiger partial charge < -0.3 is 10.5 Å². The highest BCUT2D eigenvalue weighted by atomic mass is 127. The Balaban J connectivity index is 2.99. The van der Waals surface area contributed by atoms with Crippen molar-refractivity contribution >= 4 is 34.2 Å². The Morgan fingerprint density at radius 2 is 2.31 bits per heavy atom. The number of esters is 1. The molecule has 0 atom stereocenters. The molecule has 70 valence electrons. The Bertz CT molecular complexity index is 325. The van der Waals surface area contributed by atoms with Crippen LogP contribution in [0, 0.1) is 3.57 Å². The Hall–Kier alpha value is -0.780. The molecule has 0 bridgehead atoms. The first-order valence-corrected chi connectivity index (χ1v) is 4.95. The molecule has 4 heteroatoms. The number of halogens is 1. The van der Waals surface area contributed by atoms with Gasteiger partial charge in [0.15, 0.2) is 0 Å². The number of carbonyl (C=O) groups excluding carboxylic acids is 1. The minimum absolute atomic E-state index is 0.362. The molecule has 0 aliphatic heterocycles. The fraction of sp³-hybridized carbons (Fsp3) is 0.222. The number of hydrogen-bond donors (Lipinski definition) is 1. The molecule has 0 radical (unpaired) electrons. The van der Waals surface area contributed by atoms with E-state index in [9.17, 15) is 4.79 Å². The van der Waals surface area contributed by atoms with Crippen molar-refractivity contribution in [2.45, 2.75) is 6.92 Å². The highest BCUT2D eigenvalue weighted by molar-refractivity contribution is 14.1. The molecule has 0 unspecified atom stereocenters. The summed E-state index contributed by atoms with van der Waals surface area (Å²) in [5.41, 5.74) is 6.51. The van der Waals surface area contributed by atoms with Crippen LogP contribution in [0.5, 0.6) is 0 Å². The molecule has 1 aromatic rings. The second kappa shape index (κ2) is 4.45. The van der Waals surface area contributed by atoms with Crippen LogP contribution in [-0.4, -0.2) is 12.6 Å². The van der Waals surface area contributed by atoms with E-state index in [4.69, 9.17) is 10.5 Å². The van der Waals surface area contributed by atoms with Crippen LogP contribution in [0.25, 0.3) is 0 Å². The summed E-state index contributed by atoms with van der Waals surface area (Å²) < 4.78 is 5.81. The number of carbonyl (C=O) groups is 1. The lowest BCUT2D eigenvalue weighted by Crippen LogP contribution is -2.08. The standard InChI is InChI=1S/C9H10INO2/c1-2-13-9(12)7-5-6(10)3-4-8(7)11/h3-5H,2,11H2,1H3. The van der Waals surface area contributed by atoms with Gasteiger partial charge in [0.25, 0.3) is 0 Å². The minimum Gasteiger partial charge on any atom is -0.462 e. The fourth-order valence-corrected chi connectivity index (χ4v) is 1.41. The van der Waals surface area contributed by atoms with Gasteiger partial charge in [-0.2, -0.15) is 0 Å². The van der Waals surface area contributed by atoms with Crippen LogP contribution in [0.15, 0.2) is 18.2 Å². The Morgan fingerprint density at radius 1 is 1.62 bits per heavy atom. The predicted octanol–water partition coefficient (Wildman–Crippen LogP) is 2.05. The first-order valence-electron chi connectivity index (χ1n) is 3.87. The number of benzene rings is 1. The normalized spacial score (nSPS) is 9.69. The van der Waals surface area contributed by atoms with E-state index < -0.39 is 0 Å². The maximum atomic E-state index is 11.3. The summed E-state index contributed by atoms with van der Waals surface area (Å²) in [6, 6.07) is 5.26. The Kier molecular flexibility index (Phi) is 3.53. The van der Waals surface area contributed by atoms with Crippen LogP contribution >= 0.6 is 22.6 Å². The number of anilines is 1. The number of nitrogen functional groups attached to an aromatic ring is 1. The van der Waals surface area contributed by atoms with Crippen molar-refractivity contribution in [3.05, 3.63) is 27.3 Å². The molecule has 0 saturated heterocycles. The molecular weight excluding hydrogens is 281 g/mol. The van der Waals surface area contributed by atoms with Crippen LogP contribution in [0.2, 0.25) is 0 Å². The van der Waals surface area contributed by atoms with Gasteiger partial charge in [0.1, 0.15) is 0 Å². The minimum atomic E-state index is -0.362. The molecule has 1 aromatic carbocycles. The highest BCUT2D eigenvalue weighted by Gasteiger charge is 2.10. The summed E-state index contributed by atoms with van der Waals surface area (Å²) in [6.07, 6.45) is 0. The Morgan fingerprint density at radius 3 is 2.92 bits per heavy atom. The number of ether oxygens (including phenoxy) is 1. The van der Waals surface area contributed by atoms with Crippen LogP contribution in [0.1, 0.15) is 17.3 Å². The third-order valence-electron chi connectivity index (χ3n) is 1.51. The van der Waals surface area contributed by atoms with Crippen molar-refractivity contribution in [1.82, 2.24) is 0 Å². The van der Waals surface area contributed by atoms with Gasteiger partial charge in [0.05, 0.1) is 12.2 Å². The second-order valence-corrected chi connectivity index (χ2v) is 3.70. The summed E-state index contributed by atoms with van der Waals surface area (Å²) in [6.45, 7) is 2.13. The lowest BCUT2D eigenvalue weighted by molar-refractivity contribution is 0.0527. The van der Waals surface area contributed by atoms with Crippen molar-refractivity contribution in [3.8, 4) is 0 Å². The molecule has 0 heterocycles. The number of hydrogen-bond acceptors (Lipinski definition) is 3. The Labute approximate surface area is 90.4 Å². The van der Waals surface area contributed by atoms with Gasteiger partial charge in [-0.3, -0.25) is 0 Å². The third kappa shape index (κ3) is 2.58. The van der Waals surface area contributed by atoms with E-state index in [1.54, 1.807) is 19.1 Å². The lowest BCUT2D eigenvalue weighted by atomic mass is 10.2. The highest BCUT2D eigenvalue weighted by Crippen LogP contribution is 2.16. The molecule has 0 fully saturated rings. The predicted molar refractivity (Wildman–Crippen MR) is 59.5 cm³/mol. The van der Waals surface area contributed by atoms with Crippen molar-refractivity contribution in [3.63, 3.8) is 0 Å². The SMILES string of the molecule is CCOC(=O)c1cc(I)ccc1N. The zero-order valence-electron chi connectivity index (χ0n) is 7.21. The molecule has 0 aliphatic rings. The van der Waals surface area contributed by atoms with Crippen LogP contribution in [-0.2, 0) is 4.74 Å². The molecule has 0 spiro atoms. The van der Waals surface area contributed by atoms with Crippen LogP contribution in [0.3, 0.4) is 0 Å². The van der Waals surface area contributed by atoms with Gasteiger partial charge in [0.2, 0.25) is 0 Å². The van der Waals surface area contributed by atoms with Crippen molar-refractivity contribution in [2.24, 2.45) is 0 Å². The van der Waals surface area contributed by atoms with E-state index >= 15 is 0 Å². The summed E-state index contributed by atoms with van der Waals surface area (Å²) >= 11 is 2.12. The first-order chi connectivity index (χ1) is 6.15. The molecule has 3 nitrogen and oxygen atoms in total. The molecule has 1 rings (SSSR count). The fourth-order valence-electron chi connectivity index (χ4n) is 0.914. The van der Waals surface area contributed by atoms with Gasteiger partial charge in [-0.1, -0.05) is 0 Å². The lowest BCUT2D eigenvalue weighted by Gasteiger charge is -2.04. The van der Waals surface area contributed by atoms with Crippen LogP contribution in [0.4, 0.5) is 5.69 Å². The van der Waals surface area contributed by atoms with Crippen molar-refractivity contribution in [2.75, 3.05) is 12.3 Å². The zero-order chi connectivity index (χ0) is 9.84. The average molecular weight is 291 g/mol. The summed E-state index contributed by atoms with van der Waals surface area (Å²) in [5, 5.41) is 0. The van der Waals surface area contributed by atoms with Gasteiger partial charge in [-0.25, -0.2) is 4.79 Å². The topological polar surface area (TPSA) is 52.3 Å². The maximum absolute atomic E-state index is 11.3. The summed E-state index contributed by atoms with van der Waals surface area (Å²) in [5.74, 6) is -0.362. The van der Waals surface area contributed by atoms with Crippen molar-refractivity contribution in [1.29, 1.82) is 0 Å². The van der Waals surface area contributed by atoms with E-state index in [1.165, 1.54) is 0 Å². The first kappa shape index (κ1) is 10.3. The monoisotopic (exact) mass is 291 g/mol. The smallest absolute Gasteiger partial charge is 0.340 e. The van der Waals surface area contributed by atoms with E-state index in [0.717, 1.165) is 3.57 Å². The molecular formula is C9H10INO2. The van der Waals surface area contributed by atoms with E-state index in [1.807, 2.05) is 6.07 Å². The number of nitrogens with two attached hydrogens (primary N) is 1. The summed E-state index contributed by atoms with van der Waals surface area (Å²) in [4.78, 5) is 11.3. The van der Waals surface area contributed by atoms with Gasteiger partial charge in [-0.05, 0) is 47.7 Å². The number of rotatable bonds is 2. The quantitative estimate of drug-likeness (QED) is 0.515. The third-order valence-corrected chi connectivity index (χ3v) is 2.18. The van der Waals surface area contributed by atoms with E-state index in [-0.39, 0.29) is 5.97 Å². The largest absolute Gasteiger partial charge is 0.462 e. The van der Waals surface area contributed by atoms with E-state index in [2.05, 4.69) is 22.6 Å². The van der Waals surface area contributed by atoms with Gasteiger partial charge in [-0.15, -0.1) is 0 Å². The summed E-state index contributed by atoms with van der Waals surface area (Å²) in [7, 11) is 0. The van der Waals surface area contributed by atoms with Gasteiger partial charge >= 0.3 is 5.97 Å². The average Bonchev–Trinajstić information content (AvgIpc) is 2.09. The second-order valence-electron chi connectivity index (χ2n) is 2.45. The van der Waals surface area contributed by atoms with Crippen LogP contribution < -0.4 is 5.73 Å². The molecule has 0 amide bonds. The molecule has 0 aliphatic carbocycles. The maximum Gasteiger partial charge on any atom is 0.340 e. The van der Waals surface area contributed by atoms with Crippen molar-refractivity contribution < 1.29 is 9.53 Å². The molecule has 13 heavy (non-hydrogen) atoms. The van der Waals surface area contributed by atoms with E-state index in [0.29, 0.717) is 17.9 Å². The zero-order valence-corrected chi connectivity index (χ0v) is 9.37. The molecule has 2 N–H and O–H groups in total. The molecule has 0 aromatic heterocycles.